The molecule has 0 aromatic rings. The fraction of sp³-hybridized carbons (Fsp3) is 0.789. The lowest BCUT2D eigenvalue weighted by Gasteiger charge is -2.51. The second-order valence-electron chi connectivity index (χ2n) is 15.3. The zero-order valence-electron chi connectivity index (χ0n) is 28.1. The molecule has 0 aromatic heterocycles. The van der Waals surface area contributed by atoms with Crippen LogP contribution in [0.15, 0.2) is 49.6 Å². The van der Waals surface area contributed by atoms with Crippen molar-refractivity contribution in [2.75, 3.05) is 0 Å². The molecule has 0 spiro atoms. The van der Waals surface area contributed by atoms with Crippen molar-refractivity contribution in [3.63, 3.8) is 0 Å². The van der Waals surface area contributed by atoms with Crippen LogP contribution in [0.25, 0.3) is 0 Å². The molecule has 6 atom stereocenters. The van der Waals surface area contributed by atoms with Crippen molar-refractivity contribution in [1.82, 2.24) is 0 Å². The van der Waals surface area contributed by atoms with Crippen LogP contribution in [0.2, 0.25) is 0 Å². The molecule has 4 aliphatic rings. The highest BCUT2D eigenvalue weighted by Crippen LogP contribution is 2.54. The van der Waals surface area contributed by atoms with E-state index in [4.69, 9.17) is 0 Å². The van der Waals surface area contributed by atoms with E-state index in [0.717, 1.165) is 35.5 Å². The molecule has 0 radical (unpaired) electrons. The SMILES string of the molecule is C=C1CC(CC)C1(C)C.C=C1CC(CC)C1(C)C.C=CC1CC(CC)C1(C)C.C=CC1CC(CC)C1(C)C. The van der Waals surface area contributed by atoms with Gasteiger partial charge >= 0.3 is 0 Å². The van der Waals surface area contributed by atoms with E-state index in [-0.39, 0.29) is 0 Å². The zero-order valence-corrected chi connectivity index (χ0v) is 28.1. The monoisotopic (exact) mass is 525 g/mol. The highest BCUT2D eigenvalue weighted by atomic mass is 14.5. The summed E-state index contributed by atoms with van der Waals surface area (Å²) in [6.45, 7) is 43.4. The summed E-state index contributed by atoms with van der Waals surface area (Å²) in [4.78, 5) is 0. The van der Waals surface area contributed by atoms with Crippen LogP contribution in [-0.4, -0.2) is 0 Å². The fourth-order valence-corrected chi connectivity index (χ4v) is 7.55. The third-order valence-corrected chi connectivity index (χ3v) is 12.5. The van der Waals surface area contributed by atoms with Gasteiger partial charge in [0.25, 0.3) is 0 Å². The van der Waals surface area contributed by atoms with Crippen LogP contribution < -0.4 is 0 Å². The van der Waals surface area contributed by atoms with Crippen molar-refractivity contribution < 1.29 is 0 Å². The fourth-order valence-electron chi connectivity index (χ4n) is 7.55. The van der Waals surface area contributed by atoms with E-state index in [1.165, 1.54) is 62.5 Å². The number of hydrogen-bond donors (Lipinski definition) is 0. The maximum atomic E-state index is 4.01. The van der Waals surface area contributed by atoms with E-state index in [2.05, 4.69) is 122 Å². The molecule has 4 rings (SSSR count). The summed E-state index contributed by atoms with van der Waals surface area (Å²) in [5.41, 5.74) is 4.86. The normalized spacial score (nSPS) is 34.4. The first-order valence-corrected chi connectivity index (χ1v) is 16.0. The quantitative estimate of drug-likeness (QED) is 0.303. The number of rotatable bonds is 6. The summed E-state index contributed by atoms with van der Waals surface area (Å²) in [5.74, 6) is 5.25. The van der Waals surface area contributed by atoms with Gasteiger partial charge in [-0.05, 0) is 82.9 Å². The second kappa shape index (κ2) is 13.5. The average molecular weight is 525 g/mol. The van der Waals surface area contributed by atoms with Gasteiger partial charge in [0, 0.05) is 0 Å². The maximum absolute atomic E-state index is 4.01. The molecule has 0 N–H and O–H groups in total. The van der Waals surface area contributed by atoms with Crippen LogP contribution in [0, 0.1) is 57.2 Å². The van der Waals surface area contributed by atoms with Crippen molar-refractivity contribution in [1.29, 1.82) is 0 Å². The van der Waals surface area contributed by atoms with Gasteiger partial charge in [-0.15, -0.1) is 13.2 Å². The van der Waals surface area contributed by atoms with Gasteiger partial charge in [-0.1, -0.05) is 145 Å². The van der Waals surface area contributed by atoms with Gasteiger partial charge in [-0.25, -0.2) is 0 Å². The van der Waals surface area contributed by atoms with Crippen LogP contribution in [-0.2, 0) is 0 Å². The van der Waals surface area contributed by atoms with Gasteiger partial charge < -0.3 is 0 Å². The van der Waals surface area contributed by atoms with Crippen LogP contribution in [0.3, 0.4) is 0 Å². The summed E-state index contributed by atoms with van der Waals surface area (Å²) in [7, 11) is 0. The molecule has 4 saturated carbocycles. The molecule has 0 heterocycles. The predicted octanol–water partition coefficient (Wildman–Crippen LogP) is 12.5. The van der Waals surface area contributed by atoms with Crippen LogP contribution in [0.5, 0.6) is 0 Å². The van der Waals surface area contributed by atoms with Gasteiger partial charge in [-0.2, -0.15) is 0 Å². The standard InChI is InChI=1S/2C10H18.2C9H16/c2*1-5-8-7-9(6-2)10(8,3)4;2*1-5-8-6-7(2)9(8,3)4/h2*5,8-9H,1,6-7H2,2-4H3;2*8H,2,5-6H2,1,3-4H3. The molecule has 0 aromatic carbocycles. The Bertz CT molecular complexity index is 732. The molecule has 0 heteroatoms. The molecule has 0 nitrogen and oxygen atoms in total. The van der Waals surface area contributed by atoms with E-state index in [1.54, 1.807) is 0 Å². The summed E-state index contributed by atoms with van der Waals surface area (Å²) >= 11 is 0. The third kappa shape index (κ3) is 7.18. The van der Waals surface area contributed by atoms with Gasteiger partial charge in [0.2, 0.25) is 0 Å². The smallest absolute Gasteiger partial charge is 0.0116 e. The van der Waals surface area contributed by atoms with Gasteiger partial charge in [0.05, 0.1) is 0 Å². The Morgan fingerprint density at radius 1 is 0.553 bits per heavy atom. The predicted molar refractivity (Wildman–Crippen MR) is 174 cm³/mol. The van der Waals surface area contributed by atoms with Crippen LogP contribution >= 0.6 is 0 Å². The largest absolute Gasteiger partial charge is 0.103 e. The Hall–Kier alpha value is -1.04. The molecule has 4 fully saturated rings. The molecule has 0 amide bonds. The van der Waals surface area contributed by atoms with Crippen LogP contribution in [0.4, 0.5) is 0 Å². The topological polar surface area (TPSA) is 0 Å². The minimum Gasteiger partial charge on any atom is -0.103 e. The molecule has 0 aliphatic heterocycles. The summed E-state index contributed by atoms with van der Waals surface area (Å²) in [5, 5.41) is 0. The van der Waals surface area contributed by atoms with E-state index in [9.17, 15) is 0 Å². The van der Waals surface area contributed by atoms with Crippen molar-refractivity contribution >= 4 is 0 Å². The Morgan fingerprint density at radius 2 is 0.816 bits per heavy atom. The van der Waals surface area contributed by atoms with E-state index in [1.807, 2.05) is 0 Å². The average Bonchev–Trinajstić information content (AvgIpc) is 2.86. The minimum absolute atomic E-state index is 0.453. The molecule has 220 valence electrons. The first-order valence-electron chi connectivity index (χ1n) is 16.0. The first-order chi connectivity index (χ1) is 17.4. The third-order valence-electron chi connectivity index (χ3n) is 12.5. The zero-order chi connectivity index (χ0) is 29.7. The minimum atomic E-state index is 0.453. The summed E-state index contributed by atoms with van der Waals surface area (Å²) in [6.07, 6.45) is 14.8. The van der Waals surface area contributed by atoms with Gasteiger partial charge in [0.15, 0.2) is 0 Å². The van der Waals surface area contributed by atoms with Crippen molar-refractivity contribution in [2.45, 2.75) is 134 Å². The van der Waals surface area contributed by atoms with Gasteiger partial charge in [0.1, 0.15) is 0 Å². The molecular formula is C38H68. The van der Waals surface area contributed by atoms with Gasteiger partial charge in [-0.3, -0.25) is 0 Å². The second-order valence-corrected chi connectivity index (χ2v) is 15.3. The summed E-state index contributed by atoms with van der Waals surface area (Å²) in [6, 6.07) is 0. The lowest BCUT2D eigenvalue weighted by atomic mass is 9.54. The highest BCUT2D eigenvalue weighted by Gasteiger charge is 2.45. The Labute approximate surface area is 240 Å². The molecule has 0 bridgehead atoms. The summed E-state index contributed by atoms with van der Waals surface area (Å²) < 4.78 is 0. The maximum Gasteiger partial charge on any atom is -0.0116 e. The first kappa shape index (κ1) is 35.0. The van der Waals surface area contributed by atoms with Crippen molar-refractivity contribution in [2.24, 2.45) is 57.2 Å². The molecule has 38 heavy (non-hydrogen) atoms. The van der Waals surface area contributed by atoms with Crippen LogP contribution in [0.1, 0.15) is 134 Å². The molecular weight excluding hydrogens is 456 g/mol. The van der Waals surface area contributed by atoms with Crippen molar-refractivity contribution in [3.05, 3.63) is 49.6 Å². The Balaban J connectivity index is 0.000000254. The number of hydrogen-bond acceptors (Lipinski definition) is 0. The Morgan fingerprint density at radius 3 is 0.921 bits per heavy atom. The van der Waals surface area contributed by atoms with E-state index < -0.39 is 0 Å². The lowest BCUT2D eigenvalue weighted by molar-refractivity contribution is 0.00945. The molecule has 4 aliphatic carbocycles. The lowest BCUT2D eigenvalue weighted by Crippen LogP contribution is -2.43. The Kier molecular flexibility index (Phi) is 12.5. The molecule has 6 unspecified atom stereocenters. The molecule has 0 saturated heterocycles. The van der Waals surface area contributed by atoms with E-state index >= 15 is 0 Å². The number of allylic oxidation sites excluding steroid dienone is 4. The van der Waals surface area contributed by atoms with Crippen molar-refractivity contribution in [3.8, 4) is 0 Å². The highest BCUT2D eigenvalue weighted by molar-refractivity contribution is 5.20. The van der Waals surface area contributed by atoms with E-state index in [0.29, 0.717) is 21.7 Å².